The minimum Gasteiger partial charge on any atom is -0.496 e. The number of nitrogen functional groups attached to an aromatic ring is 1. The number of aromatic amines is 1. The molecule has 3 N–H and O–H groups in total. The topological polar surface area (TPSA) is 116 Å². The summed E-state index contributed by atoms with van der Waals surface area (Å²) in [6.07, 6.45) is 0. The summed E-state index contributed by atoms with van der Waals surface area (Å²) in [5.74, 6) is 0.989. The lowest BCUT2D eigenvalue weighted by atomic mass is 10.1. The highest BCUT2D eigenvalue weighted by molar-refractivity contribution is 5.84. The third kappa shape index (κ3) is 2.50. The smallest absolute Gasteiger partial charge is 0.311 e. The van der Waals surface area contributed by atoms with Gasteiger partial charge in [-0.3, -0.25) is 10.1 Å². The van der Waals surface area contributed by atoms with Crippen LogP contribution in [0.25, 0.3) is 22.4 Å². The minimum atomic E-state index is -0.511. The molecular weight excluding hydrogens is 300 g/mol. The molecule has 23 heavy (non-hydrogen) atoms. The second-order valence-corrected chi connectivity index (χ2v) is 4.84. The number of nitrogens with one attached hydrogen (secondary N) is 1. The lowest BCUT2D eigenvalue weighted by Gasteiger charge is -2.09. The molecule has 0 bridgehead atoms. The van der Waals surface area contributed by atoms with Crippen LogP contribution in [0.3, 0.4) is 0 Å². The zero-order valence-corrected chi connectivity index (χ0v) is 12.5. The van der Waals surface area contributed by atoms with Crippen molar-refractivity contribution in [2.45, 2.75) is 0 Å². The molecule has 0 radical (unpaired) electrons. The summed E-state index contributed by atoms with van der Waals surface area (Å²) in [7, 11) is 2.84. The van der Waals surface area contributed by atoms with Gasteiger partial charge in [0.1, 0.15) is 11.6 Å². The summed E-state index contributed by atoms with van der Waals surface area (Å²) in [5, 5.41) is 11.2. The first-order chi connectivity index (χ1) is 11.0. The molecule has 8 nitrogen and oxygen atoms in total. The average Bonchev–Trinajstić information content (AvgIpc) is 2.96. The van der Waals surface area contributed by atoms with Gasteiger partial charge in [-0.2, -0.15) is 0 Å². The fourth-order valence-corrected chi connectivity index (χ4v) is 2.36. The van der Waals surface area contributed by atoms with Crippen LogP contribution in [0, 0.1) is 10.1 Å². The Morgan fingerprint density at radius 3 is 2.57 bits per heavy atom. The van der Waals surface area contributed by atoms with Crippen LogP contribution < -0.4 is 15.2 Å². The largest absolute Gasteiger partial charge is 0.496 e. The van der Waals surface area contributed by atoms with Gasteiger partial charge >= 0.3 is 5.69 Å². The van der Waals surface area contributed by atoms with Crippen molar-refractivity contribution in [1.29, 1.82) is 0 Å². The summed E-state index contributed by atoms with van der Waals surface area (Å²) >= 11 is 0. The number of methoxy groups -OCH3 is 2. The Balaban J connectivity index is 2.23. The Labute approximate surface area is 131 Å². The van der Waals surface area contributed by atoms with E-state index in [-0.39, 0.29) is 11.4 Å². The number of nitrogens with zero attached hydrogens (tertiary/aromatic N) is 2. The van der Waals surface area contributed by atoms with E-state index in [0.29, 0.717) is 28.3 Å². The minimum absolute atomic E-state index is 0.121. The Kier molecular flexibility index (Phi) is 3.49. The number of nitrogens with two attached hydrogens (primary N) is 1. The molecule has 0 aliphatic rings. The number of rotatable bonds is 4. The number of ether oxygens (including phenoxy) is 2. The molecule has 3 aromatic rings. The first-order valence-corrected chi connectivity index (χ1v) is 6.69. The van der Waals surface area contributed by atoms with Crippen LogP contribution in [0.5, 0.6) is 11.5 Å². The van der Waals surface area contributed by atoms with Gasteiger partial charge in [0.05, 0.1) is 35.7 Å². The maximum absolute atomic E-state index is 11.2. The maximum atomic E-state index is 11.2. The van der Waals surface area contributed by atoms with Crippen molar-refractivity contribution in [3.05, 3.63) is 40.4 Å². The van der Waals surface area contributed by atoms with E-state index in [9.17, 15) is 10.1 Å². The van der Waals surface area contributed by atoms with Crippen LogP contribution in [-0.4, -0.2) is 29.1 Å². The first-order valence-electron chi connectivity index (χ1n) is 6.69. The van der Waals surface area contributed by atoms with Gasteiger partial charge in [0.2, 0.25) is 5.75 Å². The predicted octanol–water partition coefficient (Wildman–Crippen LogP) is 2.74. The number of imidazole rings is 1. The SMILES string of the molecule is COc1cc(OC)c([N+](=O)[O-])cc1-c1nc2ccc(N)cc2[nH]1. The summed E-state index contributed by atoms with van der Waals surface area (Å²) in [5.41, 5.74) is 8.09. The van der Waals surface area contributed by atoms with Crippen LogP contribution in [0.1, 0.15) is 0 Å². The van der Waals surface area contributed by atoms with Crippen molar-refractivity contribution in [2.75, 3.05) is 20.0 Å². The van der Waals surface area contributed by atoms with Crippen LogP contribution in [0.4, 0.5) is 11.4 Å². The van der Waals surface area contributed by atoms with Crippen LogP contribution >= 0.6 is 0 Å². The van der Waals surface area contributed by atoms with Crippen molar-refractivity contribution in [2.24, 2.45) is 0 Å². The Bertz CT molecular complexity index is 904. The third-order valence-electron chi connectivity index (χ3n) is 3.46. The van der Waals surface area contributed by atoms with E-state index in [0.717, 1.165) is 5.52 Å². The zero-order chi connectivity index (χ0) is 16.6. The second kappa shape index (κ2) is 5.48. The molecule has 0 saturated heterocycles. The van der Waals surface area contributed by atoms with Gasteiger partial charge in [-0.25, -0.2) is 4.98 Å². The maximum Gasteiger partial charge on any atom is 0.311 e. The standard InChI is InChI=1S/C15H14N4O4/c1-22-13-7-14(23-2)12(19(20)21)6-9(13)15-17-10-4-3-8(16)5-11(10)18-15/h3-7H,16H2,1-2H3,(H,17,18). The van der Waals surface area contributed by atoms with Gasteiger partial charge < -0.3 is 20.2 Å². The van der Waals surface area contributed by atoms with Gasteiger partial charge in [0, 0.05) is 17.8 Å². The quantitative estimate of drug-likeness (QED) is 0.434. The monoisotopic (exact) mass is 314 g/mol. The second-order valence-electron chi connectivity index (χ2n) is 4.84. The van der Waals surface area contributed by atoms with E-state index in [1.165, 1.54) is 26.4 Å². The first kappa shape index (κ1) is 14.6. The van der Waals surface area contributed by atoms with E-state index in [1.807, 2.05) is 0 Å². The number of nitro groups is 1. The Morgan fingerprint density at radius 1 is 1.17 bits per heavy atom. The van der Waals surface area contributed by atoms with Crippen molar-refractivity contribution in [3.63, 3.8) is 0 Å². The van der Waals surface area contributed by atoms with Crippen molar-refractivity contribution >= 4 is 22.4 Å². The number of H-pyrrole nitrogens is 1. The highest BCUT2D eigenvalue weighted by Gasteiger charge is 2.22. The fourth-order valence-electron chi connectivity index (χ4n) is 2.36. The molecule has 0 amide bonds. The highest BCUT2D eigenvalue weighted by atomic mass is 16.6. The third-order valence-corrected chi connectivity index (χ3v) is 3.46. The van der Waals surface area contributed by atoms with E-state index in [4.69, 9.17) is 15.2 Å². The number of fused-ring (bicyclic) bond motifs is 1. The van der Waals surface area contributed by atoms with Gasteiger partial charge in [0.25, 0.3) is 0 Å². The fraction of sp³-hybridized carbons (Fsp3) is 0.133. The Hall–Kier alpha value is -3.29. The van der Waals surface area contributed by atoms with Crippen LogP contribution in [0.15, 0.2) is 30.3 Å². The molecule has 0 atom stereocenters. The summed E-state index contributed by atoms with van der Waals surface area (Å²) in [4.78, 5) is 18.2. The summed E-state index contributed by atoms with van der Waals surface area (Å²) < 4.78 is 10.4. The highest BCUT2D eigenvalue weighted by Crippen LogP contribution is 2.39. The Morgan fingerprint density at radius 2 is 1.91 bits per heavy atom. The molecule has 0 aliphatic carbocycles. The number of benzene rings is 2. The van der Waals surface area contributed by atoms with E-state index in [1.54, 1.807) is 18.2 Å². The molecule has 2 aromatic carbocycles. The molecule has 1 heterocycles. The molecular formula is C15H14N4O4. The summed E-state index contributed by atoms with van der Waals surface area (Å²) in [6.45, 7) is 0. The lowest BCUT2D eigenvalue weighted by Crippen LogP contribution is -1.97. The zero-order valence-electron chi connectivity index (χ0n) is 12.5. The van der Waals surface area contributed by atoms with Crippen LogP contribution in [0.2, 0.25) is 0 Å². The molecule has 0 unspecified atom stereocenters. The van der Waals surface area contributed by atoms with Gasteiger partial charge in [-0.15, -0.1) is 0 Å². The average molecular weight is 314 g/mol. The van der Waals surface area contributed by atoms with Crippen molar-refractivity contribution < 1.29 is 14.4 Å². The van der Waals surface area contributed by atoms with E-state index >= 15 is 0 Å². The molecule has 0 aliphatic heterocycles. The van der Waals surface area contributed by atoms with Gasteiger partial charge in [0.15, 0.2) is 0 Å². The molecule has 0 spiro atoms. The normalized spacial score (nSPS) is 10.7. The lowest BCUT2D eigenvalue weighted by molar-refractivity contribution is -0.385. The van der Waals surface area contributed by atoms with Gasteiger partial charge in [-0.1, -0.05) is 0 Å². The molecule has 118 valence electrons. The molecule has 8 heteroatoms. The van der Waals surface area contributed by atoms with Gasteiger partial charge in [-0.05, 0) is 18.2 Å². The van der Waals surface area contributed by atoms with Crippen LogP contribution in [-0.2, 0) is 0 Å². The summed E-state index contributed by atoms with van der Waals surface area (Å²) in [6, 6.07) is 8.10. The number of anilines is 1. The number of hydrogen-bond acceptors (Lipinski definition) is 6. The van der Waals surface area contributed by atoms with Crippen molar-refractivity contribution in [1.82, 2.24) is 9.97 Å². The predicted molar refractivity (Wildman–Crippen MR) is 85.7 cm³/mol. The molecule has 0 saturated carbocycles. The van der Waals surface area contributed by atoms with E-state index in [2.05, 4.69) is 9.97 Å². The van der Waals surface area contributed by atoms with E-state index < -0.39 is 4.92 Å². The molecule has 0 fully saturated rings. The molecule has 1 aromatic heterocycles. The molecule has 3 rings (SSSR count). The van der Waals surface area contributed by atoms with Crippen molar-refractivity contribution in [3.8, 4) is 22.9 Å². The number of hydrogen-bond donors (Lipinski definition) is 2. The number of nitro benzene ring substituents is 1. The number of aromatic nitrogens is 2.